The van der Waals surface area contributed by atoms with Gasteiger partial charge < -0.3 is 14.4 Å². The molecule has 0 fully saturated rings. The minimum Gasteiger partial charge on any atom is -0.467 e. The number of aromatic nitrogens is 4. The molecule has 0 saturated heterocycles. The van der Waals surface area contributed by atoms with Crippen molar-refractivity contribution in [3.05, 3.63) is 62.4 Å². The molecular formula is C19H14ClF4IN5O3P. The summed E-state index contributed by atoms with van der Waals surface area (Å²) >= 11 is 8.29. The van der Waals surface area contributed by atoms with Gasteiger partial charge >= 0.3 is 12.2 Å². The molecule has 0 N–H and O–H groups in total. The van der Waals surface area contributed by atoms with Crippen LogP contribution in [-0.2, 0) is 19.1 Å². The Morgan fingerprint density at radius 3 is 2.71 bits per heavy atom. The summed E-state index contributed by atoms with van der Waals surface area (Å²) in [5.41, 5.74) is -0.426. The number of benzene rings is 1. The van der Waals surface area contributed by atoms with Crippen molar-refractivity contribution >= 4 is 45.7 Å². The molecule has 34 heavy (non-hydrogen) atoms. The molecule has 1 atom stereocenters. The van der Waals surface area contributed by atoms with Crippen molar-refractivity contribution < 1.29 is 27.0 Å². The molecule has 180 valence electrons. The number of hydrogen-bond donors (Lipinski definition) is 0. The minimum atomic E-state index is -4.84. The molecule has 1 unspecified atom stereocenters. The number of alkyl halides is 3. The van der Waals surface area contributed by atoms with Crippen molar-refractivity contribution in [2.45, 2.75) is 19.1 Å². The molecule has 2 aromatic heterocycles. The minimum absolute atomic E-state index is 0.00115. The predicted molar refractivity (Wildman–Crippen MR) is 126 cm³/mol. The largest absolute Gasteiger partial charge is 0.467 e. The van der Waals surface area contributed by atoms with Gasteiger partial charge in [-0.3, -0.25) is 4.79 Å². The molecule has 0 amide bonds. The van der Waals surface area contributed by atoms with Crippen molar-refractivity contribution in [3.8, 4) is 17.6 Å². The van der Waals surface area contributed by atoms with E-state index in [9.17, 15) is 22.4 Å². The van der Waals surface area contributed by atoms with E-state index >= 15 is 0 Å². The van der Waals surface area contributed by atoms with Crippen LogP contribution >= 0.6 is 40.0 Å². The Kier molecular flexibility index (Phi) is 7.15. The summed E-state index contributed by atoms with van der Waals surface area (Å²) in [7, 11) is 1.30. The highest BCUT2D eigenvalue weighted by molar-refractivity contribution is 14.2. The molecule has 3 aromatic rings. The monoisotopic (exact) mass is 629 g/mol. The quantitative estimate of drug-likeness (QED) is 0.223. The molecule has 0 saturated carbocycles. The molecule has 0 aliphatic carbocycles. The highest BCUT2D eigenvalue weighted by atomic mass is 127. The van der Waals surface area contributed by atoms with Crippen molar-refractivity contribution in [2.75, 3.05) is 18.6 Å². The third-order valence-corrected chi connectivity index (χ3v) is 7.17. The van der Waals surface area contributed by atoms with Crippen molar-refractivity contribution in [2.24, 2.45) is 0 Å². The van der Waals surface area contributed by atoms with Gasteiger partial charge in [0, 0.05) is 12.1 Å². The van der Waals surface area contributed by atoms with Crippen molar-refractivity contribution in [1.29, 1.82) is 0 Å². The van der Waals surface area contributed by atoms with Crippen LogP contribution in [0.25, 0.3) is 0 Å². The fourth-order valence-electron chi connectivity index (χ4n) is 3.38. The first-order chi connectivity index (χ1) is 16.1. The molecule has 1 aliphatic heterocycles. The first-order valence-electron chi connectivity index (χ1n) is 9.50. The van der Waals surface area contributed by atoms with Crippen LogP contribution in [0, 0.1) is 5.82 Å². The average Bonchev–Trinajstić information content (AvgIpc) is 2.80. The number of anilines is 1. The lowest BCUT2D eigenvalue weighted by atomic mass is 10.1. The Morgan fingerprint density at radius 1 is 1.26 bits per heavy atom. The molecule has 0 spiro atoms. The van der Waals surface area contributed by atoms with E-state index in [0.29, 0.717) is 29.6 Å². The van der Waals surface area contributed by atoms with E-state index in [0.717, 1.165) is 12.1 Å². The van der Waals surface area contributed by atoms with Gasteiger partial charge in [0.25, 0.3) is 5.56 Å². The van der Waals surface area contributed by atoms with Crippen LogP contribution in [0.4, 0.5) is 23.2 Å². The Labute approximate surface area is 209 Å². The van der Waals surface area contributed by atoms with Gasteiger partial charge in [-0.1, -0.05) is 11.6 Å². The van der Waals surface area contributed by atoms with Gasteiger partial charge in [0.1, 0.15) is 22.2 Å². The van der Waals surface area contributed by atoms with E-state index in [4.69, 9.17) is 21.1 Å². The molecule has 4 rings (SSSR count). The van der Waals surface area contributed by atoms with Crippen molar-refractivity contribution in [3.63, 3.8) is 0 Å². The van der Waals surface area contributed by atoms with Crippen LogP contribution in [0.2, 0.25) is 5.02 Å². The van der Waals surface area contributed by atoms with E-state index < -0.39 is 28.9 Å². The first kappa shape index (κ1) is 24.9. The van der Waals surface area contributed by atoms with Gasteiger partial charge in [0.05, 0.1) is 37.6 Å². The molecule has 0 radical (unpaired) electrons. The second-order valence-electron chi connectivity index (χ2n) is 7.00. The Morgan fingerprint density at radius 2 is 2.03 bits per heavy atom. The zero-order chi connectivity index (χ0) is 24.6. The lowest BCUT2D eigenvalue weighted by Crippen LogP contribution is -2.33. The highest BCUT2D eigenvalue weighted by Crippen LogP contribution is 2.40. The van der Waals surface area contributed by atoms with Crippen LogP contribution in [-0.4, -0.2) is 33.2 Å². The van der Waals surface area contributed by atoms with Crippen LogP contribution < -0.4 is 19.9 Å². The second-order valence-corrected chi connectivity index (χ2v) is 9.42. The number of methoxy groups -OCH3 is 1. The summed E-state index contributed by atoms with van der Waals surface area (Å²) in [4.78, 5) is 22.5. The van der Waals surface area contributed by atoms with Crippen LogP contribution in [0.1, 0.15) is 16.8 Å². The molecule has 15 heteroatoms. The summed E-state index contributed by atoms with van der Waals surface area (Å²) in [6.45, 7) is 0.490. The number of ether oxygens (including phenoxy) is 2. The number of hydrogen-bond acceptors (Lipinski definition) is 7. The molecular weight excluding hydrogens is 616 g/mol. The number of nitrogens with zero attached hydrogens (tertiary/aromatic N) is 5. The van der Waals surface area contributed by atoms with Crippen molar-refractivity contribution in [1.82, 2.24) is 19.5 Å². The average molecular weight is 630 g/mol. The molecule has 8 nitrogen and oxygen atoms in total. The summed E-state index contributed by atoms with van der Waals surface area (Å²) in [5.74, 6) is -1.78. The first-order valence-corrected chi connectivity index (χ1v) is 13.9. The van der Waals surface area contributed by atoms with E-state index in [-0.39, 0.29) is 36.3 Å². The Hall–Kier alpha value is -2.25. The normalized spacial score (nSPS) is 13.9. The zero-order valence-electron chi connectivity index (χ0n) is 17.2. The van der Waals surface area contributed by atoms with Crippen LogP contribution in [0.3, 0.4) is 0 Å². The highest BCUT2D eigenvalue weighted by Gasteiger charge is 2.36. The van der Waals surface area contributed by atoms with Gasteiger partial charge in [-0.25, -0.2) is 8.84 Å². The Bertz CT molecular complexity index is 1310. The maximum atomic E-state index is 13.5. The van der Waals surface area contributed by atoms with Gasteiger partial charge in [-0.05, 0) is 46.7 Å². The summed E-state index contributed by atoms with van der Waals surface area (Å²) < 4.78 is 65.6. The third-order valence-electron chi connectivity index (χ3n) is 4.96. The summed E-state index contributed by atoms with van der Waals surface area (Å²) in [6.07, 6.45) is -3.01. The fourth-order valence-corrected chi connectivity index (χ4v) is 5.02. The number of fused-ring (bicyclic) bond motifs is 1. The van der Waals surface area contributed by atoms with Gasteiger partial charge in [-0.2, -0.15) is 28.2 Å². The predicted octanol–water partition coefficient (Wildman–Crippen LogP) is 5.00. The summed E-state index contributed by atoms with van der Waals surface area (Å²) in [5, 5.41) is 4.10. The Balaban J connectivity index is 1.72. The maximum absolute atomic E-state index is 13.5. The molecule has 0 bridgehead atoms. The zero-order valence-corrected chi connectivity index (χ0v) is 21.1. The van der Waals surface area contributed by atoms with E-state index in [1.54, 1.807) is 4.90 Å². The maximum Gasteiger partial charge on any atom is 0.420 e. The molecule has 1 aromatic carbocycles. The van der Waals surface area contributed by atoms with E-state index in [1.165, 1.54) is 17.8 Å². The second kappa shape index (κ2) is 9.78. The molecule has 3 heterocycles. The fraction of sp³-hybridized carbons (Fsp3) is 0.263. The van der Waals surface area contributed by atoms with Crippen LogP contribution in [0.15, 0.2) is 29.2 Å². The lowest BCUT2D eigenvalue weighted by molar-refractivity contribution is -0.138. The molecule has 1 aliphatic rings. The van der Waals surface area contributed by atoms with E-state index in [1.807, 2.05) is 22.0 Å². The standard InChI is InChI=1S/C19H14ClF4IN5O3P/c1-32-18-27-12-8-29(13-7-26-30(34-25)17(31)15(13)20)5-4-10(12)16(28-18)33-14-3-2-9(21)6-11(14)19(22,23)24/h2-3,6-7,34H,4-5,8H2,1H3. The number of rotatable bonds is 5. The van der Waals surface area contributed by atoms with Crippen LogP contribution in [0.5, 0.6) is 17.6 Å². The topological polar surface area (TPSA) is 82.4 Å². The number of halogens is 6. The SMILES string of the molecule is COc1nc2c(c(Oc3ccc(F)cc3C(F)(F)F)n1)CCN(c1cnn(PI)c(=O)c1Cl)C2. The smallest absolute Gasteiger partial charge is 0.420 e. The summed E-state index contributed by atoms with van der Waals surface area (Å²) in [6, 6.07) is 1.99. The lowest BCUT2D eigenvalue weighted by Gasteiger charge is -2.31. The third kappa shape index (κ3) is 4.91. The van der Waals surface area contributed by atoms with Gasteiger partial charge in [-0.15, -0.1) is 0 Å². The van der Waals surface area contributed by atoms with Gasteiger partial charge in [0.2, 0.25) is 5.88 Å². The van der Waals surface area contributed by atoms with E-state index in [2.05, 4.69) is 15.1 Å². The van der Waals surface area contributed by atoms with Gasteiger partial charge in [0.15, 0.2) is 0 Å².